The maximum atomic E-state index is 12.1. The van der Waals surface area contributed by atoms with Crippen LogP contribution in [0.1, 0.15) is 34.1 Å². The molecule has 0 radical (unpaired) electrons. The summed E-state index contributed by atoms with van der Waals surface area (Å²) in [5.41, 5.74) is 0.0675. The largest absolute Gasteiger partial charge is 0.394 e. The van der Waals surface area contributed by atoms with E-state index in [2.05, 4.69) is 31.1 Å². The Labute approximate surface area is 125 Å². The Balaban J connectivity index is 2.52. The molecule has 1 rings (SSSR count). The van der Waals surface area contributed by atoms with Crippen LogP contribution in [0.25, 0.3) is 0 Å². The van der Waals surface area contributed by atoms with E-state index in [0.717, 1.165) is 11.4 Å². The number of aliphatic hydroxyl groups excluding tert-OH is 1. The van der Waals surface area contributed by atoms with Gasteiger partial charge in [-0.3, -0.25) is 4.79 Å². The molecule has 5 heteroatoms. The molecule has 1 amide bonds. The number of hydrogen-bond acceptors (Lipinski definition) is 4. The van der Waals surface area contributed by atoms with Gasteiger partial charge in [-0.05, 0) is 30.9 Å². The second kappa shape index (κ2) is 7.64. The quantitative estimate of drug-likeness (QED) is 0.792. The van der Waals surface area contributed by atoms with Crippen molar-refractivity contribution in [3.8, 4) is 0 Å². The van der Waals surface area contributed by atoms with Crippen LogP contribution in [0, 0.1) is 5.41 Å². The van der Waals surface area contributed by atoms with Crippen molar-refractivity contribution in [1.29, 1.82) is 0 Å². The third-order valence-corrected chi connectivity index (χ3v) is 3.78. The summed E-state index contributed by atoms with van der Waals surface area (Å²) in [6.07, 6.45) is 2.46. The molecule has 0 aromatic carbocycles. The van der Waals surface area contributed by atoms with Crippen molar-refractivity contribution in [2.45, 2.75) is 50.4 Å². The molecule has 0 aliphatic rings. The van der Waals surface area contributed by atoms with Crippen molar-refractivity contribution >= 4 is 17.7 Å². The van der Waals surface area contributed by atoms with Crippen LogP contribution in [0.4, 0.5) is 0 Å². The number of amides is 1. The Kier molecular flexibility index (Phi) is 6.49. The first-order valence-corrected chi connectivity index (χ1v) is 7.69. The predicted octanol–water partition coefficient (Wildman–Crippen LogP) is 2.48. The average Bonchev–Trinajstić information content (AvgIpc) is 2.37. The molecule has 0 bridgehead atoms. The van der Waals surface area contributed by atoms with Gasteiger partial charge in [0.25, 0.3) is 0 Å². The van der Waals surface area contributed by atoms with E-state index in [1.807, 2.05) is 25.1 Å². The maximum Gasteiger partial charge on any atom is 0.233 e. The third kappa shape index (κ3) is 6.39. The van der Waals surface area contributed by atoms with Gasteiger partial charge in [0.2, 0.25) is 5.91 Å². The Morgan fingerprint density at radius 1 is 1.45 bits per heavy atom. The average molecular weight is 296 g/mol. The highest BCUT2D eigenvalue weighted by Gasteiger charge is 2.22. The number of thioether (sulfide) groups is 1. The Morgan fingerprint density at radius 3 is 2.65 bits per heavy atom. The van der Waals surface area contributed by atoms with E-state index in [1.54, 1.807) is 6.20 Å². The highest BCUT2D eigenvalue weighted by atomic mass is 32.2. The van der Waals surface area contributed by atoms with Gasteiger partial charge >= 0.3 is 0 Å². The molecule has 1 aromatic rings. The number of hydrogen-bond donors (Lipinski definition) is 2. The highest BCUT2D eigenvalue weighted by molar-refractivity contribution is 8.00. The Morgan fingerprint density at radius 2 is 2.15 bits per heavy atom. The number of carbonyl (C=O) groups excluding carboxylic acids is 1. The van der Waals surface area contributed by atoms with Crippen LogP contribution >= 0.6 is 11.8 Å². The normalized spacial score (nSPS) is 14.7. The molecular weight excluding hydrogens is 272 g/mol. The molecule has 112 valence electrons. The SMILES string of the molecule is CC(Sc1ccccn1)C(=O)NC(CO)CC(C)(C)C. The lowest BCUT2D eigenvalue weighted by Gasteiger charge is -2.26. The lowest BCUT2D eigenvalue weighted by Crippen LogP contribution is -2.43. The van der Waals surface area contributed by atoms with Crippen LogP contribution in [0.3, 0.4) is 0 Å². The monoisotopic (exact) mass is 296 g/mol. The molecule has 0 fully saturated rings. The zero-order valence-electron chi connectivity index (χ0n) is 12.6. The molecule has 1 aromatic heterocycles. The second-order valence-electron chi connectivity index (χ2n) is 6.08. The standard InChI is InChI=1S/C15H24N2O2S/c1-11(20-13-7-5-6-8-16-13)14(19)17-12(10-18)9-15(2,3)4/h5-8,11-12,18H,9-10H2,1-4H3,(H,17,19). The van der Waals surface area contributed by atoms with Crippen molar-refractivity contribution in [3.63, 3.8) is 0 Å². The number of aliphatic hydroxyl groups is 1. The fourth-order valence-corrected chi connectivity index (χ4v) is 2.69. The van der Waals surface area contributed by atoms with Gasteiger partial charge in [0.15, 0.2) is 0 Å². The summed E-state index contributed by atoms with van der Waals surface area (Å²) in [4.78, 5) is 16.3. The number of nitrogens with zero attached hydrogens (tertiary/aromatic N) is 1. The molecule has 4 nitrogen and oxygen atoms in total. The van der Waals surface area contributed by atoms with E-state index >= 15 is 0 Å². The molecule has 1 heterocycles. The van der Waals surface area contributed by atoms with Crippen molar-refractivity contribution in [2.75, 3.05) is 6.61 Å². The second-order valence-corrected chi connectivity index (χ2v) is 7.44. The summed E-state index contributed by atoms with van der Waals surface area (Å²) in [5, 5.41) is 12.9. The molecule has 0 aliphatic carbocycles. The van der Waals surface area contributed by atoms with Gasteiger partial charge in [0.05, 0.1) is 22.9 Å². The van der Waals surface area contributed by atoms with Gasteiger partial charge in [0, 0.05) is 6.20 Å². The van der Waals surface area contributed by atoms with Crippen LogP contribution < -0.4 is 5.32 Å². The molecule has 0 aliphatic heterocycles. The van der Waals surface area contributed by atoms with E-state index in [-0.39, 0.29) is 29.2 Å². The van der Waals surface area contributed by atoms with Crippen molar-refractivity contribution < 1.29 is 9.90 Å². The number of pyridine rings is 1. The van der Waals surface area contributed by atoms with Gasteiger partial charge in [0.1, 0.15) is 0 Å². The van der Waals surface area contributed by atoms with Crippen molar-refractivity contribution in [3.05, 3.63) is 24.4 Å². The first-order valence-electron chi connectivity index (χ1n) is 6.81. The van der Waals surface area contributed by atoms with Crippen molar-refractivity contribution in [2.24, 2.45) is 5.41 Å². The van der Waals surface area contributed by atoms with Gasteiger partial charge in [-0.1, -0.05) is 38.6 Å². The van der Waals surface area contributed by atoms with Crippen LogP contribution in [0.15, 0.2) is 29.4 Å². The fourth-order valence-electron chi connectivity index (χ4n) is 1.87. The fraction of sp³-hybridized carbons (Fsp3) is 0.600. The zero-order valence-corrected chi connectivity index (χ0v) is 13.4. The van der Waals surface area contributed by atoms with Gasteiger partial charge < -0.3 is 10.4 Å². The summed E-state index contributed by atoms with van der Waals surface area (Å²) >= 11 is 1.42. The summed E-state index contributed by atoms with van der Waals surface area (Å²) in [6, 6.07) is 5.43. The predicted molar refractivity (Wildman–Crippen MR) is 82.6 cm³/mol. The third-order valence-electron chi connectivity index (χ3n) is 2.73. The molecular formula is C15H24N2O2S. The first kappa shape index (κ1) is 17.0. The zero-order chi connectivity index (χ0) is 15.2. The topological polar surface area (TPSA) is 62.2 Å². The van der Waals surface area contributed by atoms with Crippen molar-refractivity contribution in [1.82, 2.24) is 10.3 Å². The summed E-state index contributed by atoms with van der Waals surface area (Å²) in [7, 11) is 0. The molecule has 2 atom stereocenters. The summed E-state index contributed by atoms with van der Waals surface area (Å²) < 4.78 is 0. The molecule has 0 saturated heterocycles. The minimum atomic E-state index is -0.237. The number of nitrogens with one attached hydrogen (secondary N) is 1. The lowest BCUT2D eigenvalue weighted by atomic mass is 9.88. The molecule has 20 heavy (non-hydrogen) atoms. The molecule has 2 N–H and O–H groups in total. The number of rotatable bonds is 6. The van der Waals surface area contributed by atoms with Crippen LogP contribution in [-0.4, -0.2) is 33.9 Å². The maximum absolute atomic E-state index is 12.1. The number of carbonyl (C=O) groups is 1. The molecule has 0 saturated carbocycles. The van der Waals surface area contributed by atoms with E-state index in [0.29, 0.717) is 0 Å². The molecule has 0 spiro atoms. The lowest BCUT2D eigenvalue weighted by molar-refractivity contribution is -0.121. The molecule has 2 unspecified atom stereocenters. The minimum absolute atomic E-state index is 0.0377. The van der Waals surface area contributed by atoms with E-state index in [1.165, 1.54) is 11.8 Å². The number of aromatic nitrogens is 1. The van der Waals surface area contributed by atoms with E-state index in [4.69, 9.17) is 0 Å². The smallest absolute Gasteiger partial charge is 0.233 e. The first-order chi connectivity index (χ1) is 9.31. The minimum Gasteiger partial charge on any atom is -0.394 e. The Bertz CT molecular complexity index is 418. The Hall–Kier alpha value is -1.07. The van der Waals surface area contributed by atoms with Gasteiger partial charge in [-0.25, -0.2) is 4.98 Å². The van der Waals surface area contributed by atoms with E-state index < -0.39 is 0 Å². The van der Waals surface area contributed by atoms with Gasteiger partial charge in [-0.15, -0.1) is 0 Å². The summed E-state index contributed by atoms with van der Waals surface area (Å²) in [6.45, 7) is 8.08. The summed E-state index contributed by atoms with van der Waals surface area (Å²) in [5.74, 6) is -0.0658. The van der Waals surface area contributed by atoms with Crippen LogP contribution in [0.2, 0.25) is 0 Å². The van der Waals surface area contributed by atoms with E-state index in [9.17, 15) is 9.90 Å². The van der Waals surface area contributed by atoms with Crippen LogP contribution in [-0.2, 0) is 4.79 Å². The van der Waals surface area contributed by atoms with Crippen LogP contribution in [0.5, 0.6) is 0 Å². The van der Waals surface area contributed by atoms with Gasteiger partial charge in [-0.2, -0.15) is 0 Å². The highest BCUT2D eigenvalue weighted by Crippen LogP contribution is 2.23.